The first-order chi connectivity index (χ1) is 7.60. The van der Waals surface area contributed by atoms with E-state index < -0.39 is 0 Å². The monoisotopic (exact) mass is 241 g/mol. The molecule has 0 saturated heterocycles. The van der Waals surface area contributed by atoms with Gasteiger partial charge in [-0.3, -0.25) is 4.79 Å². The van der Waals surface area contributed by atoms with Crippen LogP contribution in [-0.2, 0) is 0 Å². The summed E-state index contributed by atoms with van der Waals surface area (Å²) in [6, 6.07) is 5.01. The van der Waals surface area contributed by atoms with Crippen LogP contribution in [-0.4, -0.2) is 23.7 Å². The maximum absolute atomic E-state index is 11.9. The normalized spacial score (nSPS) is 12.2. The lowest BCUT2D eigenvalue weighted by molar-refractivity contribution is 0.0914. The first-order valence-electron chi connectivity index (χ1n) is 5.27. The summed E-state index contributed by atoms with van der Waals surface area (Å²) in [5.74, 6) is -0.194. The van der Waals surface area contributed by atoms with Crippen molar-refractivity contribution in [3.05, 3.63) is 34.3 Å². The van der Waals surface area contributed by atoms with E-state index in [0.29, 0.717) is 17.0 Å². The van der Waals surface area contributed by atoms with Crippen molar-refractivity contribution in [2.45, 2.75) is 26.3 Å². The van der Waals surface area contributed by atoms with Crippen molar-refractivity contribution in [1.82, 2.24) is 5.32 Å². The molecule has 4 heteroatoms. The van der Waals surface area contributed by atoms with Gasteiger partial charge in [0.2, 0.25) is 0 Å². The van der Waals surface area contributed by atoms with Crippen LogP contribution in [0.2, 0.25) is 5.02 Å². The van der Waals surface area contributed by atoms with Crippen LogP contribution in [0.5, 0.6) is 0 Å². The lowest BCUT2D eigenvalue weighted by Crippen LogP contribution is -2.37. The third-order valence-corrected chi connectivity index (χ3v) is 2.97. The Balaban J connectivity index is 2.84. The highest BCUT2D eigenvalue weighted by molar-refractivity contribution is 6.31. The molecule has 1 aromatic rings. The summed E-state index contributed by atoms with van der Waals surface area (Å²) in [6.07, 6.45) is 0.696. The molecule has 1 unspecified atom stereocenters. The van der Waals surface area contributed by atoms with Crippen molar-refractivity contribution in [3.63, 3.8) is 0 Å². The number of carbonyl (C=O) groups is 1. The van der Waals surface area contributed by atoms with Crippen LogP contribution in [0.4, 0.5) is 0 Å². The molecule has 2 N–H and O–H groups in total. The van der Waals surface area contributed by atoms with Gasteiger partial charge in [0.15, 0.2) is 0 Å². The summed E-state index contributed by atoms with van der Waals surface area (Å²) in [5.41, 5.74) is 1.31. The van der Waals surface area contributed by atoms with Gasteiger partial charge in [-0.2, -0.15) is 0 Å². The molecule has 0 bridgehead atoms. The van der Waals surface area contributed by atoms with Crippen LogP contribution < -0.4 is 5.32 Å². The number of halogens is 1. The lowest BCUT2D eigenvalue weighted by Gasteiger charge is -2.15. The molecule has 0 fully saturated rings. The quantitative estimate of drug-likeness (QED) is 0.849. The molecular weight excluding hydrogens is 226 g/mol. The SMILES string of the molecule is CCC(CO)NC(=O)c1cccc(Cl)c1C. The molecule has 0 spiro atoms. The van der Waals surface area contributed by atoms with E-state index in [4.69, 9.17) is 16.7 Å². The molecule has 1 atom stereocenters. The second-order valence-corrected chi connectivity index (χ2v) is 4.08. The van der Waals surface area contributed by atoms with Crippen LogP contribution in [0, 0.1) is 6.92 Å². The first-order valence-corrected chi connectivity index (χ1v) is 5.64. The van der Waals surface area contributed by atoms with Gasteiger partial charge in [-0.05, 0) is 31.0 Å². The average Bonchev–Trinajstić information content (AvgIpc) is 2.29. The summed E-state index contributed by atoms with van der Waals surface area (Å²) in [5, 5.41) is 12.3. The number of carbonyl (C=O) groups excluding carboxylic acids is 1. The fraction of sp³-hybridized carbons (Fsp3) is 0.417. The Morgan fingerprint density at radius 1 is 1.56 bits per heavy atom. The second kappa shape index (κ2) is 5.87. The van der Waals surface area contributed by atoms with Gasteiger partial charge >= 0.3 is 0 Å². The maximum atomic E-state index is 11.9. The summed E-state index contributed by atoms with van der Waals surface area (Å²) in [6.45, 7) is 3.66. The van der Waals surface area contributed by atoms with Gasteiger partial charge in [0.25, 0.3) is 5.91 Å². The van der Waals surface area contributed by atoms with E-state index in [1.165, 1.54) is 0 Å². The molecule has 1 rings (SSSR count). The Kier molecular flexibility index (Phi) is 4.77. The predicted octanol–water partition coefficient (Wildman–Crippen LogP) is 2.15. The third-order valence-electron chi connectivity index (χ3n) is 2.56. The number of benzene rings is 1. The highest BCUT2D eigenvalue weighted by Crippen LogP contribution is 2.18. The maximum Gasteiger partial charge on any atom is 0.251 e. The number of amides is 1. The fourth-order valence-electron chi connectivity index (χ4n) is 1.39. The zero-order valence-corrected chi connectivity index (χ0v) is 10.2. The van der Waals surface area contributed by atoms with Crippen LogP contribution in [0.15, 0.2) is 18.2 Å². The van der Waals surface area contributed by atoms with Gasteiger partial charge < -0.3 is 10.4 Å². The highest BCUT2D eigenvalue weighted by atomic mass is 35.5. The smallest absolute Gasteiger partial charge is 0.251 e. The minimum atomic E-state index is -0.203. The number of aliphatic hydroxyl groups is 1. The molecule has 1 aromatic carbocycles. The van der Waals surface area contributed by atoms with Crippen molar-refractivity contribution in [2.75, 3.05) is 6.61 Å². The van der Waals surface area contributed by atoms with Gasteiger partial charge in [-0.25, -0.2) is 0 Å². The van der Waals surface area contributed by atoms with E-state index in [1.807, 2.05) is 6.92 Å². The number of aliphatic hydroxyl groups excluding tert-OH is 1. The van der Waals surface area contributed by atoms with Crippen LogP contribution in [0.25, 0.3) is 0 Å². The van der Waals surface area contributed by atoms with Gasteiger partial charge in [-0.1, -0.05) is 24.6 Å². The van der Waals surface area contributed by atoms with Crippen LogP contribution in [0.1, 0.15) is 29.3 Å². The Morgan fingerprint density at radius 3 is 2.81 bits per heavy atom. The second-order valence-electron chi connectivity index (χ2n) is 3.67. The Bertz CT molecular complexity index is 375. The minimum Gasteiger partial charge on any atom is -0.394 e. The molecule has 16 heavy (non-hydrogen) atoms. The fourth-order valence-corrected chi connectivity index (χ4v) is 1.57. The van der Waals surface area contributed by atoms with Crippen molar-refractivity contribution in [1.29, 1.82) is 0 Å². The summed E-state index contributed by atoms with van der Waals surface area (Å²) in [7, 11) is 0. The molecular formula is C12H16ClNO2. The first kappa shape index (κ1) is 13.0. The van der Waals surface area contributed by atoms with Gasteiger partial charge in [0.05, 0.1) is 12.6 Å². The summed E-state index contributed by atoms with van der Waals surface area (Å²) in [4.78, 5) is 11.9. The van der Waals surface area contributed by atoms with Crippen LogP contribution >= 0.6 is 11.6 Å². The Hall–Kier alpha value is -1.06. The highest BCUT2D eigenvalue weighted by Gasteiger charge is 2.14. The molecule has 0 aromatic heterocycles. The third kappa shape index (κ3) is 2.97. The molecule has 0 aliphatic rings. The Morgan fingerprint density at radius 2 is 2.25 bits per heavy atom. The number of hydrogen-bond acceptors (Lipinski definition) is 2. The standard InChI is InChI=1S/C12H16ClNO2/c1-3-9(7-15)14-12(16)10-5-4-6-11(13)8(10)2/h4-6,9,15H,3,7H2,1-2H3,(H,14,16). The predicted molar refractivity (Wildman–Crippen MR) is 64.8 cm³/mol. The Labute approximate surface area is 100 Å². The van der Waals surface area contributed by atoms with E-state index in [2.05, 4.69) is 5.32 Å². The topological polar surface area (TPSA) is 49.3 Å². The average molecular weight is 242 g/mol. The molecule has 0 radical (unpaired) electrons. The lowest BCUT2D eigenvalue weighted by atomic mass is 10.1. The largest absolute Gasteiger partial charge is 0.394 e. The van der Waals surface area contributed by atoms with Crippen molar-refractivity contribution in [3.8, 4) is 0 Å². The molecule has 0 aliphatic heterocycles. The number of hydrogen-bond donors (Lipinski definition) is 2. The number of rotatable bonds is 4. The summed E-state index contributed by atoms with van der Waals surface area (Å²) >= 11 is 5.93. The van der Waals surface area contributed by atoms with Gasteiger partial charge in [0.1, 0.15) is 0 Å². The van der Waals surface area contributed by atoms with Gasteiger partial charge in [0, 0.05) is 10.6 Å². The molecule has 0 saturated carbocycles. The molecule has 0 aliphatic carbocycles. The van der Waals surface area contributed by atoms with E-state index in [9.17, 15) is 4.79 Å². The van der Waals surface area contributed by atoms with Crippen LogP contribution in [0.3, 0.4) is 0 Å². The summed E-state index contributed by atoms with van der Waals surface area (Å²) < 4.78 is 0. The van der Waals surface area contributed by atoms with Crippen molar-refractivity contribution < 1.29 is 9.90 Å². The van der Waals surface area contributed by atoms with Gasteiger partial charge in [-0.15, -0.1) is 0 Å². The number of nitrogens with one attached hydrogen (secondary N) is 1. The molecule has 0 heterocycles. The van der Waals surface area contributed by atoms with E-state index in [1.54, 1.807) is 25.1 Å². The molecule has 1 amide bonds. The van der Waals surface area contributed by atoms with Crippen molar-refractivity contribution in [2.24, 2.45) is 0 Å². The molecule has 3 nitrogen and oxygen atoms in total. The van der Waals surface area contributed by atoms with E-state index in [-0.39, 0.29) is 18.6 Å². The van der Waals surface area contributed by atoms with Crippen molar-refractivity contribution >= 4 is 17.5 Å². The minimum absolute atomic E-state index is 0.0537. The molecule has 88 valence electrons. The van der Waals surface area contributed by atoms with E-state index >= 15 is 0 Å². The zero-order chi connectivity index (χ0) is 12.1. The zero-order valence-electron chi connectivity index (χ0n) is 9.46. The van der Waals surface area contributed by atoms with E-state index in [0.717, 1.165) is 5.56 Å².